The third-order valence-corrected chi connectivity index (χ3v) is 1.66. The summed E-state index contributed by atoms with van der Waals surface area (Å²) >= 11 is 0. The van der Waals surface area contributed by atoms with Crippen LogP contribution in [0.25, 0.3) is 0 Å². The van der Waals surface area contributed by atoms with Crippen LogP contribution >= 0.6 is 0 Å². The highest BCUT2D eigenvalue weighted by Crippen LogP contribution is 2.19. The Morgan fingerprint density at radius 2 is 2.55 bits per heavy atom. The van der Waals surface area contributed by atoms with E-state index in [0.717, 1.165) is 0 Å². The SMILES string of the molecule is NC(=O)OCC1(F)CCNC1. The van der Waals surface area contributed by atoms with Crippen molar-refractivity contribution in [3.05, 3.63) is 0 Å². The van der Waals surface area contributed by atoms with E-state index in [-0.39, 0.29) is 13.2 Å². The van der Waals surface area contributed by atoms with Crippen molar-refractivity contribution in [1.29, 1.82) is 0 Å². The highest BCUT2D eigenvalue weighted by Gasteiger charge is 2.34. The summed E-state index contributed by atoms with van der Waals surface area (Å²) in [6.07, 6.45) is -0.547. The first-order valence-electron chi connectivity index (χ1n) is 3.44. The molecular formula is C6H11FN2O2. The zero-order chi connectivity index (χ0) is 8.32. The van der Waals surface area contributed by atoms with E-state index < -0.39 is 11.8 Å². The van der Waals surface area contributed by atoms with Gasteiger partial charge in [0.25, 0.3) is 0 Å². The van der Waals surface area contributed by atoms with E-state index in [1.807, 2.05) is 0 Å². The van der Waals surface area contributed by atoms with Crippen molar-refractivity contribution < 1.29 is 13.9 Å². The highest BCUT2D eigenvalue weighted by atomic mass is 19.1. The van der Waals surface area contributed by atoms with E-state index in [9.17, 15) is 9.18 Å². The maximum Gasteiger partial charge on any atom is 0.404 e. The summed E-state index contributed by atoms with van der Waals surface area (Å²) in [7, 11) is 0. The van der Waals surface area contributed by atoms with Gasteiger partial charge in [-0.05, 0) is 13.0 Å². The lowest BCUT2D eigenvalue weighted by Gasteiger charge is -2.16. The number of rotatable bonds is 2. The molecule has 0 aromatic heterocycles. The summed E-state index contributed by atoms with van der Waals surface area (Å²) in [5, 5.41) is 2.83. The van der Waals surface area contributed by atoms with Crippen molar-refractivity contribution in [2.45, 2.75) is 12.1 Å². The lowest BCUT2D eigenvalue weighted by molar-refractivity contribution is 0.0661. The number of nitrogens with two attached hydrogens (primary N) is 1. The summed E-state index contributed by atoms with van der Waals surface area (Å²) in [6.45, 7) is 0.619. The Kier molecular flexibility index (Phi) is 2.28. The monoisotopic (exact) mass is 162 g/mol. The lowest BCUT2D eigenvalue weighted by atomic mass is 10.1. The first-order valence-corrected chi connectivity index (χ1v) is 3.44. The first-order chi connectivity index (χ1) is 5.12. The standard InChI is InChI=1S/C6H11FN2O2/c7-6(1-2-9-3-6)4-11-5(8)10/h9H,1-4H2,(H2,8,10). The fourth-order valence-corrected chi connectivity index (χ4v) is 1.04. The zero-order valence-corrected chi connectivity index (χ0v) is 6.10. The molecular weight excluding hydrogens is 151 g/mol. The number of primary amides is 1. The number of amides is 1. The molecule has 0 aliphatic carbocycles. The molecule has 3 N–H and O–H groups in total. The molecule has 1 heterocycles. The number of hydrogen-bond acceptors (Lipinski definition) is 3. The Hall–Kier alpha value is -0.840. The van der Waals surface area contributed by atoms with Gasteiger partial charge in [0, 0.05) is 6.54 Å². The van der Waals surface area contributed by atoms with Gasteiger partial charge in [-0.1, -0.05) is 0 Å². The molecule has 11 heavy (non-hydrogen) atoms. The number of nitrogens with one attached hydrogen (secondary N) is 1. The Morgan fingerprint density at radius 1 is 1.82 bits per heavy atom. The van der Waals surface area contributed by atoms with Gasteiger partial charge in [-0.15, -0.1) is 0 Å². The van der Waals surface area contributed by atoms with Crippen molar-refractivity contribution in [2.24, 2.45) is 5.73 Å². The normalized spacial score (nSPS) is 30.3. The molecule has 1 fully saturated rings. The quantitative estimate of drug-likeness (QED) is 0.590. The van der Waals surface area contributed by atoms with E-state index in [2.05, 4.69) is 15.8 Å². The fraction of sp³-hybridized carbons (Fsp3) is 0.833. The van der Waals surface area contributed by atoms with Crippen molar-refractivity contribution in [2.75, 3.05) is 19.7 Å². The van der Waals surface area contributed by atoms with Gasteiger partial charge in [-0.25, -0.2) is 9.18 Å². The molecule has 1 saturated heterocycles. The second kappa shape index (κ2) is 3.04. The smallest absolute Gasteiger partial charge is 0.404 e. The minimum absolute atomic E-state index is 0.236. The van der Waals surface area contributed by atoms with Crippen LogP contribution in [-0.2, 0) is 4.74 Å². The number of carbonyl (C=O) groups excluding carboxylic acids is 1. The molecule has 1 atom stereocenters. The summed E-state index contributed by atoms with van der Waals surface area (Å²) in [4.78, 5) is 10.1. The molecule has 0 radical (unpaired) electrons. The van der Waals surface area contributed by atoms with Crippen LogP contribution < -0.4 is 11.1 Å². The molecule has 1 unspecified atom stereocenters. The largest absolute Gasteiger partial charge is 0.446 e. The average molecular weight is 162 g/mol. The van der Waals surface area contributed by atoms with Crippen LogP contribution in [0.15, 0.2) is 0 Å². The van der Waals surface area contributed by atoms with Crippen LogP contribution in [0.5, 0.6) is 0 Å². The number of halogens is 1. The molecule has 0 spiro atoms. The van der Waals surface area contributed by atoms with E-state index in [4.69, 9.17) is 0 Å². The van der Waals surface area contributed by atoms with E-state index >= 15 is 0 Å². The van der Waals surface area contributed by atoms with Crippen LogP contribution in [0.2, 0.25) is 0 Å². The van der Waals surface area contributed by atoms with Crippen molar-refractivity contribution in [1.82, 2.24) is 5.32 Å². The van der Waals surface area contributed by atoms with E-state index in [1.54, 1.807) is 0 Å². The number of ether oxygens (including phenoxy) is 1. The van der Waals surface area contributed by atoms with Gasteiger partial charge in [-0.3, -0.25) is 0 Å². The van der Waals surface area contributed by atoms with Crippen molar-refractivity contribution in [3.8, 4) is 0 Å². The van der Waals surface area contributed by atoms with Gasteiger partial charge in [0.1, 0.15) is 6.61 Å². The van der Waals surface area contributed by atoms with Crippen molar-refractivity contribution >= 4 is 6.09 Å². The average Bonchev–Trinajstić information content (AvgIpc) is 2.33. The third kappa shape index (κ3) is 2.34. The van der Waals surface area contributed by atoms with Gasteiger partial charge >= 0.3 is 6.09 Å². The predicted octanol–water partition coefficient (Wildman–Crippen LogP) is -0.217. The maximum atomic E-state index is 13.3. The summed E-state index contributed by atoms with van der Waals surface area (Å²) in [5.74, 6) is 0. The van der Waals surface area contributed by atoms with Crippen LogP contribution in [0, 0.1) is 0 Å². The molecule has 5 heteroatoms. The Balaban J connectivity index is 2.28. The topological polar surface area (TPSA) is 64.4 Å². The van der Waals surface area contributed by atoms with Gasteiger partial charge in [0.05, 0.1) is 0 Å². The van der Waals surface area contributed by atoms with Gasteiger partial charge < -0.3 is 15.8 Å². The van der Waals surface area contributed by atoms with Gasteiger partial charge in [-0.2, -0.15) is 0 Å². The Bertz CT molecular complexity index is 157. The summed E-state index contributed by atoms with van der Waals surface area (Å²) in [5.41, 5.74) is 3.27. The van der Waals surface area contributed by atoms with Crippen LogP contribution in [0.1, 0.15) is 6.42 Å². The molecule has 64 valence electrons. The molecule has 0 bridgehead atoms. The number of carbonyl (C=O) groups is 1. The minimum atomic E-state index is -1.41. The number of hydrogen-bond donors (Lipinski definition) is 2. The second-order valence-electron chi connectivity index (χ2n) is 2.69. The Morgan fingerprint density at radius 3 is 3.00 bits per heavy atom. The molecule has 1 amide bonds. The maximum absolute atomic E-state index is 13.3. The summed E-state index contributed by atoms with van der Waals surface area (Å²) in [6, 6.07) is 0. The predicted molar refractivity (Wildman–Crippen MR) is 36.9 cm³/mol. The minimum Gasteiger partial charge on any atom is -0.446 e. The van der Waals surface area contributed by atoms with Crippen molar-refractivity contribution in [3.63, 3.8) is 0 Å². The molecule has 1 aliphatic rings. The number of alkyl halides is 1. The third-order valence-electron chi connectivity index (χ3n) is 1.66. The zero-order valence-electron chi connectivity index (χ0n) is 6.10. The molecule has 1 rings (SSSR count). The van der Waals surface area contributed by atoms with E-state index in [0.29, 0.717) is 13.0 Å². The molecule has 1 aliphatic heterocycles. The van der Waals surface area contributed by atoms with E-state index in [1.165, 1.54) is 0 Å². The van der Waals surface area contributed by atoms with Gasteiger partial charge in [0.15, 0.2) is 5.67 Å². The first kappa shape index (κ1) is 8.26. The molecule has 4 nitrogen and oxygen atoms in total. The van der Waals surface area contributed by atoms with Crippen LogP contribution in [0.4, 0.5) is 9.18 Å². The van der Waals surface area contributed by atoms with Crippen LogP contribution in [0.3, 0.4) is 0 Å². The van der Waals surface area contributed by atoms with Crippen LogP contribution in [-0.4, -0.2) is 31.5 Å². The Labute approximate surface area is 63.9 Å². The molecule has 0 saturated carbocycles. The molecule has 0 aromatic rings. The van der Waals surface area contributed by atoms with Gasteiger partial charge in [0.2, 0.25) is 0 Å². The summed E-state index contributed by atoms with van der Waals surface area (Å²) < 4.78 is 17.6. The highest BCUT2D eigenvalue weighted by molar-refractivity contribution is 5.64. The lowest BCUT2D eigenvalue weighted by Crippen LogP contribution is -2.34. The fourth-order valence-electron chi connectivity index (χ4n) is 1.04. The second-order valence-corrected chi connectivity index (χ2v) is 2.69. The molecule has 0 aromatic carbocycles.